The van der Waals surface area contributed by atoms with Crippen molar-refractivity contribution in [2.75, 3.05) is 0 Å². The predicted octanol–water partition coefficient (Wildman–Crippen LogP) is 3.93. The van der Waals surface area contributed by atoms with Crippen molar-refractivity contribution in [1.29, 1.82) is 0 Å². The molecule has 0 saturated carbocycles. The number of ketones is 1. The van der Waals surface area contributed by atoms with Crippen LogP contribution in [0.4, 0.5) is 4.79 Å². The van der Waals surface area contributed by atoms with Crippen molar-refractivity contribution in [1.82, 2.24) is 5.06 Å². The molecule has 0 aliphatic heterocycles. The van der Waals surface area contributed by atoms with Gasteiger partial charge in [0.15, 0.2) is 5.78 Å². The number of rotatable bonds is 3. The first-order valence-electron chi connectivity index (χ1n) is 7.67. The third kappa shape index (κ3) is 4.20. The lowest BCUT2D eigenvalue weighted by Crippen LogP contribution is -2.42. The Hall–Kier alpha value is -2.14. The summed E-state index contributed by atoms with van der Waals surface area (Å²) >= 11 is 0. The number of amides is 1. The van der Waals surface area contributed by atoms with Crippen LogP contribution in [0.25, 0.3) is 0 Å². The molecule has 23 heavy (non-hydrogen) atoms. The van der Waals surface area contributed by atoms with Crippen LogP contribution in [0, 0.1) is 0 Å². The van der Waals surface area contributed by atoms with Crippen molar-refractivity contribution >= 4 is 11.9 Å². The maximum absolute atomic E-state index is 12.0. The van der Waals surface area contributed by atoms with Crippen LogP contribution in [0.15, 0.2) is 36.4 Å². The average molecular weight is 317 g/mol. The zero-order valence-electron chi connectivity index (χ0n) is 13.9. The lowest BCUT2D eigenvalue weighted by molar-refractivity contribution is -0.120. The molecule has 1 aliphatic carbocycles. The second-order valence-corrected chi connectivity index (χ2v) is 6.76. The molecule has 0 heterocycles. The molecular weight excluding hydrogens is 294 g/mol. The molecule has 1 amide bonds. The van der Waals surface area contributed by atoms with E-state index in [-0.39, 0.29) is 11.7 Å². The molecular formula is C18H23NO4. The number of hydrogen-bond acceptors (Lipinski definition) is 4. The highest BCUT2D eigenvalue weighted by Gasteiger charge is 2.34. The maximum atomic E-state index is 12.0. The molecule has 5 heteroatoms. The van der Waals surface area contributed by atoms with Gasteiger partial charge < -0.3 is 4.74 Å². The van der Waals surface area contributed by atoms with E-state index in [2.05, 4.69) is 0 Å². The zero-order valence-corrected chi connectivity index (χ0v) is 13.9. The van der Waals surface area contributed by atoms with Gasteiger partial charge in [0.25, 0.3) is 0 Å². The number of carbonyl (C=O) groups excluding carboxylic acids is 2. The molecule has 0 radical (unpaired) electrons. The van der Waals surface area contributed by atoms with Gasteiger partial charge in [-0.25, -0.2) is 4.79 Å². The number of Topliss-reactive ketones (excluding diaryl/α,β-unsaturated/α-hetero) is 1. The monoisotopic (exact) mass is 317 g/mol. The van der Waals surface area contributed by atoms with E-state index < -0.39 is 17.7 Å². The molecule has 0 spiro atoms. The number of carbonyl (C=O) groups is 2. The van der Waals surface area contributed by atoms with Gasteiger partial charge >= 0.3 is 6.09 Å². The van der Waals surface area contributed by atoms with Gasteiger partial charge in [-0.15, -0.1) is 0 Å². The van der Waals surface area contributed by atoms with E-state index in [1.54, 1.807) is 32.9 Å². The minimum absolute atomic E-state index is 0.00704. The van der Waals surface area contributed by atoms with Crippen molar-refractivity contribution in [2.45, 2.75) is 51.7 Å². The Morgan fingerprint density at radius 2 is 1.83 bits per heavy atom. The summed E-state index contributed by atoms with van der Waals surface area (Å²) in [6, 6.07) is 6.82. The molecule has 0 unspecified atom stereocenters. The summed E-state index contributed by atoms with van der Waals surface area (Å²) in [5.74, 6) is -0.124. The molecule has 5 nitrogen and oxygen atoms in total. The van der Waals surface area contributed by atoms with Crippen LogP contribution in [0.2, 0.25) is 0 Å². The van der Waals surface area contributed by atoms with Gasteiger partial charge in [0.05, 0.1) is 6.04 Å². The molecule has 0 bridgehead atoms. The Morgan fingerprint density at radius 1 is 1.22 bits per heavy atom. The van der Waals surface area contributed by atoms with Crippen LogP contribution < -0.4 is 0 Å². The minimum atomic E-state index is -0.753. The summed E-state index contributed by atoms with van der Waals surface area (Å²) < 4.78 is 5.21. The quantitative estimate of drug-likeness (QED) is 0.397. The Morgan fingerprint density at radius 3 is 2.35 bits per heavy atom. The first-order valence-corrected chi connectivity index (χ1v) is 7.67. The van der Waals surface area contributed by atoms with Crippen molar-refractivity contribution in [3.8, 4) is 0 Å². The lowest BCUT2D eigenvalue weighted by Gasteiger charge is -2.30. The smallest absolute Gasteiger partial charge is 0.434 e. The number of nitrogens with zero attached hydrogens (tertiary/aromatic N) is 1. The first kappa shape index (κ1) is 17.2. The van der Waals surface area contributed by atoms with Gasteiger partial charge in [-0.1, -0.05) is 36.4 Å². The van der Waals surface area contributed by atoms with Crippen molar-refractivity contribution in [3.05, 3.63) is 47.5 Å². The molecule has 1 aliphatic rings. The predicted molar refractivity (Wildman–Crippen MR) is 86.6 cm³/mol. The molecule has 124 valence electrons. The molecule has 0 saturated heterocycles. The fraction of sp³-hybridized carbons (Fsp3) is 0.444. The molecule has 1 aromatic rings. The molecule has 2 atom stereocenters. The summed E-state index contributed by atoms with van der Waals surface area (Å²) in [7, 11) is 0. The summed E-state index contributed by atoms with van der Waals surface area (Å²) in [4.78, 5) is 23.4. The summed E-state index contributed by atoms with van der Waals surface area (Å²) in [5, 5.41) is 10.9. The van der Waals surface area contributed by atoms with E-state index in [0.29, 0.717) is 17.0 Å². The summed E-state index contributed by atoms with van der Waals surface area (Å²) in [5.41, 5.74) is 0.916. The fourth-order valence-electron chi connectivity index (χ4n) is 2.61. The third-order valence-corrected chi connectivity index (χ3v) is 3.73. The number of hydroxylamine groups is 2. The molecule has 0 aromatic heterocycles. The third-order valence-electron chi connectivity index (χ3n) is 3.73. The van der Waals surface area contributed by atoms with Gasteiger partial charge in [0.2, 0.25) is 0 Å². The van der Waals surface area contributed by atoms with Crippen molar-refractivity contribution in [2.24, 2.45) is 0 Å². The van der Waals surface area contributed by atoms with Crippen LogP contribution in [0.1, 0.15) is 56.0 Å². The van der Waals surface area contributed by atoms with Gasteiger partial charge in [0.1, 0.15) is 5.60 Å². The zero-order chi connectivity index (χ0) is 17.2. The van der Waals surface area contributed by atoms with E-state index in [1.807, 2.05) is 24.3 Å². The SMILES string of the molecule is CC(=O)c1ccc([C@@H]2C=CC[C@@H]2N(O)C(=O)OC(C)(C)C)cc1. The Balaban J connectivity index is 2.14. The second-order valence-electron chi connectivity index (χ2n) is 6.76. The molecule has 0 fully saturated rings. The number of hydrogen-bond donors (Lipinski definition) is 1. The van der Waals surface area contributed by atoms with Crippen molar-refractivity contribution in [3.63, 3.8) is 0 Å². The minimum Gasteiger partial charge on any atom is -0.442 e. The van der Waals surface area contributed by atoms with Crippen LogP contribution in [0.3, 0.4) is 0 Å². The van der Waals surface area contributed by atoms with Gasteiger partial charge in [-0.05, 0) is 39.7 Å². The van der Waals surface area contributed by atoms with E-state index >= 15 is 0 Å². The second kappa shape index (κ2) is 6.54. The number of benzene rings is 1. The van der Waals surface area contributed by atoms with E-state index in [0.717, 1.165) is 5.56 Å². The lowest BCUT2D eigenvalue weighted by atomic mass is 9.93. The topological polar surface area (TPSA) is 66.8 Å². The largest absolute Gasteiger partial charge is 0.442 e. The number of ether oxygens (including phenoxy) is 1. The summed E-state index contributed by atoms with van der Waals surface area (Å²) in [6.07, 6.45) is 3.69. The van der Waals surface area contributed by atoms with Gasteiger partial charge in [0, 0.05) is 11.5 Å². The van der Waals surface area contributed by atoms with Gasteiger partial charge in [-0.3, -0.25) is 10.0 Å². The molecule has 1 N–H and O–H groups in total. The van der Waals surface area contributed by atoms with Gasteiger partial charge in [-0.2, -0.15) is 5.06 Å². The fourth-order valence-corrected chi connectivity index (χ4v) is 2.61. The Labute approximate surface area is 136 Å². The summed E-state index contributed by atoms with van der Waals surface area (Å²) in [6.45, 7) is 6.78. The normalized spacial score (nSPS) is 20.4. The first-order chi connectivity index (χ1) is 10.7. The van der Waals surface area contributed by atoms with Crippen LogP contribution >= 0.6 is 0 Å². The highest BCUT2D eigenvalue weighted by atomic mass is 16.6. The van der Waals surface area contributed by atoms with Crippen LogP contribution in [0.5, 0.6) is 0 Å². The molecule has 2 rings (SSSR count). The highest BCUT2D eigenvalue weighted by molar-refractivity contribution is 5.94. The van der Waals surface area contributed by atoms with E-state index in [4.69, 9.17) is 4.74 Å². The van der Waals surface area contributed by atoms with Crippen molar-refractivity contribution < 1.29 is 19.5 Å². The van der Waals surface area contributed by atoms with E-state index in [9.17, 15) is 14.8 Å². The average Bonchev–Trinajstić information content (AvgIpc) is 2.94. The standard InChI is InChI=1S/C18H23NO4/c1-12(20)13-8-10-14(11-9-13)15-6-5-7-16(15)19(22)17(21)23-18(2,3)4/h5-6,8-11,15-16,22H,7H2,1-4H3/t15-,16-/m0/s1. The van der Waals surface area contributed by atoms with Crippen LogP contribution in [-0.2, 0) is 4.74 Å². The van der Waals surface area contributed by atoms with Crippen LogP contribution in [-0.4, -0.2) is 33.8 Å². The Kier molecular flexibility index (Phi) is 4.90. The Bertz CT molecular complexity index is 613. The highest BCUT2D eigenvalue weighted by Crippen LogP contribution is 2.33. The maximum Gasteiger partial charge on any atom is 0.434 e. The molecule has 1 aromatic carbocycles. The van der Waals surface area contributed by atoms with E-state index in [1.165, 1.54) is 6.92 Å².